The van der Waals surface area contributed by atoms with E-state index in [2.05, 4.69) is 5.32 Å². The number of rotatable bonds is 5. The summed E-state index contributed by atoms with van der Waals surface area (Å²) in [5.74, 6) is 0.707. The normalized spacial score (nSPS) is 11.6. The fraction of sp³-hybridized carbons (Fsp3) is 0.273. The summed E-state index contributed by atoms with van der Waals surface area (Å²) >= 11 is 17.2. The lowest BCUT2D eigenvalue weighted by molar-refractivity contribution is 0.354. The smallest absolute Gasteiger partial charge is 0.125 e. The summed E-state index contributed by atoms with van der Waals surface area (Å²) in [6, 6.07) is 5.49. The Morgan fingerprint density at radius 1 is 1.50 bits per heavy atom. The van der Waals surface area contributed by atoms with Gasteiger partial charge in [0.05, 0.1) is 5.03 Å². The van der Waals surface area contributed by atoms with E-state index in [9.17, 15) is 0 Å². The summed E-state index contributed by atoms with van der Waals surface area (Å²) in [6.07, 6.45) is 0. The SMILES string of the molecule is CNCc1c(Cl)cccc1OC/C(Cl)=C/Cl. The van der Waals surface area contributed by atoms with Crippen LogP contribution in [-0.4, -0.2) is 13.7 Å². The molecule has 0 saturated carbocycles. The molecule has 0 saturated heterocycles. The number of halogens is 3. The second kappa shape index (κ2) is 7.02. The molecule has 1 N–H and O–H groups in total. The summed E-state index contributed by atoms with van der Waals surface area (Å²) < 4.78 is 5.51. The van der Waals surface area contributed by atoms with Crippen molar-refractivity contribution in [2.24, 2.45) is 0 Å². The van der Waals surface area contributed by atoms with Gasteiger partial charge in [0, 0.05) is 22.7 Å². The van der Waals surface area contributed by atoms with Crippen LogP contribution in [0.25, 0.3) is 0 Å². The Kier molecular flexibility index (Phi) is 5.99. The third kappa shape index (κ3) is 3.87. The van der Waals surface area contributed by atoms with E-state index in [1.807, 2.05) is 25.2 Å². The molecule has 0 aliphatic rings. The molecule has 0 amide bonds. The number of hydrogen-bond acceptors (Lipinski definition) is 2. The Labute approximate surface area is 110 Å². The monoisotopic (exact) mass is 279 g/mol. The molecule has 0 aliphatic heterocycles. The van der Waals surface area contributed by atoms with Crippen LogP contribution in [0.4, 0.5) is 0 Å². The number of nitrogens with one attached hydrogen (secondary N) is 1. The predicted molar refractivity (Wildman–Crippen MR) is 69.5 cm³/mol. The zero-order chi connectivity index (χ0) is 12.0. The van der Waals surface area contributed by atoms with Crippen molar-refractivity contribution in [1.29, 1.82) is 0 Å². The molecule has 5 heteroatoms. The van der Waals surface area contributed by atoms with E-state index in [0.29, 0.717) is 22.3 Å². The van der Waals surface area contributed by atoms with Gasteiger partial charge in [0.25, 0.3) is 0 Å². The van der Waals surface area contributed by atoms with Crippen molar-refractivity contribution in [1.82, 2.24) is 5.32 Å². The second-order valence-corrected chi connectivity index (χ2v) is 4.20. The van der Waals surface area contributed by atoms with Gasteiger partial charge < -0.3 is 10.1 Å². The maximum absolute atomic E-state index is 6.06. The summed E-state index contributed by atoms with van der Waals surface area (Å²) in [6.45, 7) is 0.874. The first kappa shape index (κ1) is 13.7. The molecule has 88 valence electrons. The lowest BCUT2D eigenvalue weighted by Gasteiger charge is -2.12. The highest BCUT2D eigenvalue weighted by Crippen LogP contribution is 2.26. The molecule has 1 aromatic rings. The highest BCUT2D eigenvalue weighted by Gasteiger charge is 2.07. The molecule has 0 fully saturated rings. The summed E-state index contributed by atoms with van der Waals surface area (Å²) in [4.78, 5) is 0. The highest BCUT2D eigenvalue weighted by molar-refractivity contribution is 6.36. The minimum Gasteiger partial charge on any atom is -0.488 e. The topological polar surface area (TPSA) is 21.3 Å². The zero-order valence-corrected chi connectivity index (χ0v) is 11.0. The molecule has 2 nitrogen and oxygen atoms in total. The fourth-order valence-corrected chi connectivity index (χ4v) is 1.55. The van der Waals surface area contributed by atoms with E-state index in [0.717, 1.165) is 5.56 Å². The van der Waals surface area contributed by atoms with E-state index >= 15 is 0 Å². The molecule has 1 aromatic carbocycles. The molecule has 0 aromatic heterocycles. The second-order valence-electron chi connectivity index (χ2n) is 3.09. The van der Waals surface area contributed by atoms with Crippen molar-refractivity contribution in [3.8, 4) is 5.75 Å². The van der Waals surface area contributed by atoms with Gasteiger partial charge in [-0.2, -0.15) is 0 Å². The Bertz CT molecular complexity index is 379. The number of hydrogen-bond donors (Lipinski definition) is 1. The van der Waals surface area contributed by atoms with E-state index in [1.54, 1.807) is 0 Å². The van der Waals surface area contributed by atoms with Crippen LogP contribution in [0.2, 0.25) is 5.02 Å². The van der Waals surface area contributed by atoms with Gasteiger partial charge in [-0.1, -0.05) is 40.9 Å². The third-order valence-corrected chi connectivity index (χ3v) is 2.86. The lowest BCUT2D eigenvalue weighted by atomic mass is 10.2. The van der Waals surface area contributed by atoms with Crippen molar-refractivity contribution < 1.29 is 4.74 Å². The minimum atomic E-state index is 0.238. The minimum absolute atomic E-state index is 0.238. The third-order valence-electron chi connectivity index (χ3n) is 1.91. The molecule has 0 spiro atoms. The van der Waals surface area contributed by atoms with Crippen LogP contribution in [0.15, 0.2) is 28.8 Å². The van der Waals surface area contributed by atoms with Crippen molar-refractivity contribution in [2.75, 3.05) is 13.7 Å². The van der Waals surface area contributed by atoms with Gasteiger partial charge in [0.2, 0.25) is 0 Å². The fourth-order valence-electron chi connectivity index (χ4n) is 1.20. The van der Waals surface area contributed by atoms with Crippen molar-refractivity contribution in [3.63, 3.8) is 0 Å². The van der Waals surface area contributed by atoms with Crippen LogP contribution in [0.1, 0.15) is 5.56 Å². The first-order chi connectivity index (χ1) is 7.69. The van der Waals surface area contributed by atoms with Gasteiger partial charge >= 0.3 is 0 Å². The standard InChI is InChI=1S/C11H12Cl3NO/c1-15-6-9-10(14)3-2-4-11(9)16-7-8(13)5-12/h2-5,15H,6-7H2,1H3/b8-5-. The van der Waals surface area contributed by atoms with Crippen LogP contribution in [-0.2, 0) is 6.54 Å². The summed E-state index contributed by atoms with van der Waals surface area (Å²) in [5, 5.41) is 4.14. The predicted octanol–water partition coefficient (Wildman–Crippen LogP) is 3.76. The van der Waals surface area contributed by atoms with Gasteiger partial charge in [0.1, 0.15) is 12.4 Å². The summed E-state index contributed by atoms with van der Waals surface area (Å²) in [5.41, 5.74) is 2.19. The highest BCUT2D eigenvalue weighted by atomic mass is 35.5. The maximum Gasteiger partial charge on any atom is 0.125 e. The van der Waals surface area contributed by atoms with Gasteiger partial charge in [-0.05, 0) is 19.2 Å². The largest absolute Gasteiger partial charge is 0.488 e. The van der Waals surface area contributed by atoms with Crippen molar-refractivity contribution >= 4 is 34.8 Å². The molecule has 0 radical (unpaired) electrons. The van der Waals surface area contributed by atoms with E-state index in [1.165, 1.54) is 5.54 Å². The molecule has 0 unspecified atom stereocenters. The van der Waals surface area contributed by atoms with Crippen LogP contribution < -0.4 is 10.1 Å². The Hall–Kier alpha value is -0.410. The molecule has 0 heterocycles. The molecule has 0 atom stereocenters. The molecule has 1 rings (SSSR count). The van der Waals surface area contributed by atoms with Gasteiger partial charge in [0.15, 0.2) is 0 Å². The lowest BCUT2D eigenvalue weighted by Crippen LogP contribution is -2.08. The Morgan fingerprint density at radius 3 is 2.88 bits per heavy atom. The van der Waals surface area contributed by atoms with Gasteiger partial charge in [-0.25, -0.2) is 0 Å². The Morgan fingerprint density at radius 2 is 2.25 bits per heavy atom. The average Bonchev–Trinajstić information content (AvgIpc) is 2.29. The Balaban J connectivity index is 2.82. The zero-order valence-electron chi connectivity index (χ0n) is 8.77. The molecular weight excluding hydrogens is 268 g/mol. The van der Waals surface area contributed by atoms with Crippen LogP contribution in [0.5, 0.6) is 5.75 Å². The van der Waals surface area contributed by atoms with Crippen LogP contribution >= 0.6 is 34.8 Å². The molecule has 0 aliphatic carbocycles. The first-order valence-corrected chi connectivity index (χ1v) is 5.87. The summed E-state index contributed by atoms with van der Waals surface area (Å²) in [7, 11) is 1.85. The van der Waals surface area contributed by atoms with Gasteiger partial charge in [-0.15, -0.1) is 0 Å². The van der Waals surface area contributed by atoms with Crippen molar-refractivity contribution in [2.45, 2.75) is 6.54 Å². The van der Waals surface area contributed by atoms with E-state index in [4.69, 9.17) is 39.5 Å². The quantitative estimate of drug-likeness (QED) is 0.887. The molecule has 0 bridgehead atoms. The number of ether oxygens (including phenoxy) is 1. The molecular formula is C11H12Cl3NO. The van der Waals surface area contributed by atoms with E-state index in [-0.39, 0.29) is 6.61 Å². The molecule has 16 heavy (non-hydrogen) atoms. The van der Waals surface area contributed by atoms with E-state index < -0.39 is 0 Å². The van der Waals surface area contributed by atoms with Crippen molar-refractivity contribution in [3.05, 3.63) is 39.4 Å². The first-order valence-electron chi connectivity index (χ1n) is 4.68. The van der Waals surface area contributed by atoms with Crippen LogP contribution in [0.3, 0.4) is 0 Å². The maximum atomic E-state index is 6.06. The van der Waals surface area contributed by atoms with Gasteiger partial charge in [-0.3, -0.25) is 0 Å². The number of benzene rings is 1. The average molecular weight is 281 g/mol. The van der Waals surface area contributed by atoms with Crippen LogP contribution in [0, 0.1) is 0 Å².